The van der Waals surface area contributed by atoms with Crippen molar-refractivity contribution in [1.82, 2.24) is 9.80 Å². The molecule has 2 aliphatic heterocycles. The largest absolute Gasteiger partial charge is 0.415 e. The molecule has 6 heteroatoms. The van der Waals surface area contributed by atoms with Gasteiger partial charge < -0.3 is 19.3 Å². The van der Waals surface area contributed by atoms with Crippen LogP contribution in [0.3, 0.4) is 0 Å². The summed E-state index contributed by atoms with van der Waals surface area (Å²) in [5, 5.41) is 0. The third kappa shape index (κ3) is 3.96. The Bertz CT molecular complexity index is 784. The lowest BCUT2D eigenvalue weighted by atomic mass is 10.0. The van der Waals surface area contributed by atoms with Crippen molar-refractivity contribution in [3.63, 3.8) is 0 Å². The fourth-order valence-corrected chi connectivity index (χ4v) is 3.67. The molecule has 0 saturated carbocycles. The van der Waals surface area contributed by atoms with Gasteiger partial charge in [0.15, 0.2) is 0 Å². The fraction of sp³-hybridized carbons (Fsp3) is 0.364. The number of amides is 2. The Kier molecular flexibility index (Phi) is 5.46. The minimum Gasteiger partial charge on any atom is -0.410 e. The molecule has 4 rings (SSSR count). The molecule has 0 radical (unpaired) electrons. The van der Waals surface area contributed by atoms with Gasteiger partial charge in [0, 0.05) is 37.3 Å². The Hall–Kier alpha value is -3.02. The number of likely N-dealkylation sites (tertiary alicyclic amines) is 2. The van der Waals surface area contributed by atoms with Crippen molar-refractivity contribution in [2.75, 3.05) is 26.2 Å². The van der Waals surface area contributed by atoms with E-state index in [1.54, 1.807) is 21.9 Å². The molecule has 0 aromatic heterocycles. The zero-order valence-corrected chi connectivity index (χ0v) is 15.8. The predicted molar refractivity (Wildman–Crippen MR) is 106 cm³/mol. The van der Waals surface area contributed by atoms with E-state index in [1.165, 1.54) is 0 Å². The summed E-state index contributed by atoms with van der Waals surface area (Å²) < 4.78 is 11.4. The molecule has 2 aromatic rings. The Morgan fingerprint density at radius 2 is 0.964 bits per heavy atom. The SMILES string of the molecule is O=C(Oc1ccccc1-c1ccccc1OC(=O)N1CCCC1)N1CCCC1. The normalized spacial score (nSPS) is 16.3. The molecule has 28 heavy (non-hydrogen) atoms. The van der Waals surface area contributed by atoms with Gasteiger partial charge in [-0.3, -0.25) is 0 Å². The van der Waals surface area contributed by atoms with E-state index in [2.05, 4.69) is 0 Å². The molecular formula is C22H24N2O4. The maximum absolute atomic E-state index is 12.4. The molecular weight excluding hydrogens is 356 g/mol. The van der Waals surface area contributed by atoms with Gasteiger partial charge in [0.05, 0.1) is 0 Å². The third-order valence-electron chi connectivity index (χ3n) is 5.19. The second-order valence-corrected chi connectivity index (χ2v) is 7.12. The summed E-state index contributed by atoms with van der Waals surface area (Å²) in [7, 11) is 0. The molecule has 2 saturated heterocycles. The van der Waals surface area contributed by atoms with Crippen molar-refractivity contribution >= 4 is 12.2 Å². The lowest BCUT2D eigenvalue weighted by molar-refractivity contribution is 0.161. The van der Waals surface area contributed by atoms with Gasteiger partial charge in [-0.2, -0.15) is 0 Å². The molecule has 2 amide bonds. The topological polar surface area (TPSA) is 59.1 Å². The molecule has 146 valence electrons. The van der Waals surface area contributed by atoms with Crippen molar-refractivity contribution in [3.05, 3.63) is 48.5 Å². The Morgan fingerprint density at radius 1 is 0.607 bits per heavy atom. The molecule has 2 aromatic carbocycles. The quantitative estimate of drug-likeness (QED) is 0.784. The first-order valence-corrected chi connectivity index (χ1v) is 9.84. The molecule has 0 atom stereocenters. The first-order chi connectivity index (χ1) is 13.7. The van der Waals surface area contributed by atoms with Crippen molar-refractivity contribution < 1.29 is 19.1 Å². The minimum absolute atomic E-state index is 0.337. The molecule has 6 nitrogen and oxygen atoms in total. The van der Waals surface area contributed by atoms with Crippen LogP contribution in [-0.2, 0) is 0 Å². The lowest BCUT2D eigenvalue weighted by Gasteiger charge is -2.19. The summed E-state index contributed by atoms with van der Waals surface area (Å²) in [4.78, 5) is 28.3. The fourth-order valence-electron chi connectivity index (χ4n) is 3.67. The highest BCUT2D eigenvalue weighted by molar-refractivity contribution is 5.82. The van der Waals surface area contributed by atoms with Crippen LogP contribution >= 0.6 is 0 Å². The van der Waals surface area contributed by atoms with Crippen LogP contribution in [0.4, 0.5) is 9.59 Å². The van der Waals surface area contributed by atoms with E-state index in [9.17, 15) is 9.59 Å². The number of carbonyl (C=O) groups is 2. The average Bonchev–Trinajstić information content (AvgIpc) is 3.43. The molecule has 0 aliphatic carbocycles. The van der Waals surface area contributed by atoms with Gasteiger partial charge in [-0.05, 0) is 37.8 Å². The second-order valence-electron chi connectivity index (χ2n) is 7.12. The summed E-state index contributed by atoms with van der Waals surface area (Å²) >= 11 is 0. The Morgan fingerprint density at radius 3 is 1.36 bits per heavy atom. The Labute approximate surface area is 164 Å². The van der Waals surface area contributed by atoms with Crippen molar-refractivity contribution in [3.8, 4) is 22.6 Å². The monoisotopic (exact) mass is 380 g/mol. The van der Waals surface area contributed by atoms with Crippen LogP contribution in [0.25, 0.3) is 11.1 Å². The van der Waals surface area contributed by atoms with Crippen LogP contribution < -0.4 is 9.47 Å². The van der Waals surface area contributed by atoms with Crippen LogP contribution in [0.15, 0.2) is 48.5 Å². The lowest BCUT2D eigenvalue weighted by Crippen LogP contribution is -2.31. The van der Waals surface area contributed by atoms with Crippen LogP contribution in [-0.4, -0.2) is 48.2 Å². The predicted octanol–water partition coefficient (Wildman–Crippen LogP) is 4.54. The van der Waals surface area contributed by atoms with Crippen LogP contribution in [0.5, 0.6) is 11.5 Å². The summed E-state index contributed by atoms with van der Waals surface area (Å²) in [6.45, 7) is 2.91. The van der Waals surface area contributed by atoms with Gasteiger partial charge in [-0.15, -0.1) is 0 Å². The first kappa shape index (κ1) is 18.3. The van der Waals surface area contributed by atoms with Gasteiger partial charge in [-0.1, -0.05) is 36.4 Å². The number of para-hydroxylation sites is 2. The van der Waals surface area contributed by atoms with Gasteiger partial charge in [-0.25, -0.2) is 9.59 Å². The number of hydrogen-bond acceptors (Lipinski definition) is 4. The van der Waals surface area contributed by atoms with E-state index in [0.29, 0.717) is 11.5 Å². The third-order valence-corrected chi connectivity index (χ3v) is 5.19. The molecule has 2 fully saturated rings. The van der Waals surface area contributed by atoms with E-state index in [0.717, 1.165) is 63.0 Å². The summed E-state index contributed by atoms with van der Waals surface area (Å²) in [5.74, 6) is 0.924. The number of hydrogen-bond donors (Lipinski definition) is 0. The minimum atomic E-state index is -0.337. The summed E-state index contributed by atoms with van der Waals surface area (Å²) in [5.41, 5.74) is 1.44. The number of rotatable bonds is 3. The van der Waals surface area contributed by atoms with Crippen molar-refractivity contribution in [2.45, 2.75) is 25.7 Å². The number of benzene rings is 2. The van der Waals surface area contributed by atoms with Gasteiger partial charge in [0.2, 0.25) is 0 Å². The highest BCUT2D eigenvalue weighted by Gasteiger charge is 2.23. The zero-order valence-electron chi connectivity index (χ0n) is 15.8. The molecule has 0 N–H and O–H groups in total. The van der Waals surface area contributed by atoms with E-state index in [1.807, 2.05) is 36.4 Å². The second kappa shape index (κ2) is 8.33. The van der Waals surface area contributed by atoms with Crippen LogP contribution in [0.2, 0.25) is 0 Å². The number of ether oxygens (including phenoxy) is 2. The highest BCUT2D eigenvalue weighted by atomic mass is 16.6. The van der Waals surface area contributed by atoms with Crippen molar-refractivity contribution in [1.29, 1.82) is 0 Å². The van der Waals surface area contributed by atoms with Gasteiger partial charge in [0.25, 0.3) is 0 Å². The van der Waals surface area contributed by atoms with Crippen LogP contribution in [0, 0.1) is 0 Å². The van der Waals surface area contributed by atoms with E-state index >= 15 is 0 Å². The Balaban J connectivity index is 1.59. The molecule has 0 bridgehead atoms. The highest BCUT2D eigenvalue weighted by Crippen LogP contribution is 2.37. The van der Waals surface area contributed by atoms with E-state index in [4.69, 9.17) is 9.47 Å². The molecule has 2 heterocycles. The smallest absolute Gasteiger partial charge is 0.410 e. The molecule has 2 aliphatic rings. The van der Waals surface area contributed by atoms with Crippen molar-refractivity contribution in [2.24, 2.45) is 0 Å². The first-order valence-electron chi connectivity index (χ1n) is 9.84. The summed E-state index contributed by atoms with van der Waals surface area (Å²) in [6, 6.07) is 14.7. The van der Waals surface area contributed by atoms with E-state index < -0.39 is 0 Å². The standard InChI is InChI=1S/C22H24N2O4/c25-21(23-13-5-6-14-23)27-19-11-3-1-9-17(19)18-10-2-4-12-20(18)28-22(26)24-15-7-8-16-24/h1-4,9-12H,5-8,13-16H2. The van der Waals surface area contributed by atoms with E-state index in [-0.39, 0.29) is 12.2 Å². The molecule has 0 spiro atoms. The molecule has 0 unspecified atom stereocenters. The summed E-state index contributed by atoms with van der Waals surface area (Å²) in [6.07, 6.45) is 3.35. The number of nitrogens with zero attached hydrogens (tertiary/aromatic N) is 2. The maximum atomic E-state index is 12.4. The zero-order chi connectivity index (χ0) is 19.3. The van der Waals surface area contributed by atoms with Gasteiger partial charge >= 0.3 is 12.2 Å². The van der Waals surface area contributed by atoms with Crippen LogP contribution in [0.1, 0.15) is 25.7 Å². The van der Waals surface area contributed by atoms with Gasteiger partial charge in [0.1, 0.15) is 11.5 Å². The maximum Gasteiger partial charge on any atom is 0.415 e. The number of carbonyl (C=O) groups excluding carboxylic acids is 2. The average molecular weight is 380 g/mol.